The van der Waals surface area contributed by atoms with Gasteiger partial charge in [-0.25, -0.2) is 0 Å². The Morgan fingerprint density at radius 2 is 0.746 bits per heavy atom. The lowest BCUT2D eigenvalue weighted by Gasteiger charge is -2.22. The fourth-order valence-electron chi connectivity index (χ4n) is 13.4. The van der Waals surface area contributed by atoms with Crippen LogP contribution in [-0.4, -0.2) is 17.9 Å². The van der Waals surface area contributed by atoms with Crippen LogP contribution in [0, 0.1) is 41.5 Å². The number of aryl methyl sites for hydroxylation is 4. The Morgan fingerprint density at radius 1 is 0.352 bits per heavy atom. The van der Waals surface area contributed by atoms with Gasteiger partial charge in [0, 0.05) is 54.9 Å². The molecule has 0 fully saturated rings. The van der Waals surface area contributed by atoms with Crippen molar-refractivity contribution in [1.82, 2.24) is 17.9 Å². The highest BCUT2D eigenvalue weighted by atomic mass is 32.1. The highest BCUT2D eigenvalue weighted by molar-refractivity contribution is 7.00. The molecule has 2 aliphatic carbocycles. The van der Waals surface area contributed by atoms with E-state index in [1.54, 1.807) is 0 Å². The number of para-hydroxylation sites is 2. The molecule has 0 spiro atoms. The molecular weight excluding hydrogens is 881 g/mol. The minimum absolute atomic E-state index is 0.0696. The van der Waals surface area contributed by atoms with Gasteiger partial charge >= 0.3 is 0 Å². The van der Waals surface area contributed by atoms with Crippen molar-refractivity contribution >= 4 is 66.4 Å². The van der Waals surface area contributed by atoms with Crippen molar-refractivity contribution in [2.24, 2.45) is 0 Å². The standard InChI is InChI=1S/C66H54N4S/c1-35-29-57(69-55-25-17-13-21-43(55)49-31-53-47(33-59(49)69)41-19-11-15-23-51(41)65(53,7)8)37(3)27-45(35)61-39(5)40(6)62(64-63(61)67-71-68-64)46-28-38(4)58(30-36(46)2)70-56-26-18-14-22-44(56)50-32-54-48(34-60(50)70)42-20-12-16-24-52(42)66(54,9)10/h11-34H,1-10H3. The quantitative estimate of drug-likeness (QED) is 0.176. The summed E-state index contributed by atoms with van der Waals surface area (Å²) in [5.74, 6) is 0. The third kappa shape index (κ3) is 5.56. The van der Waals surface area contributed by atoms with Gasteiger partial charge in [0.1, 0.15) is 11.0 Å². The Bertz CT molecular complexity index is 4080. The van der Waals surface area contributed by atoms with Crippen molar-refractivity contribution in [3.05, 3.63) is 201 Å². The topological polar surface area (TPSA) is 35.6 Å². The lowest BCUT2D eigenvalue weighted by Crippen LogP contribution is -2.14. The minimum atomic E-state index is -0.0696. The normalized spacial score (nSPS) is 14.3. The van der Waals surface area contributed by atoms with E-state index in [1.165, 1.54) is 167 Å². The van der Waals surface area contributed by atoms with Crippen LogP contribution in [0.25, 0.3) is 111 Å². The second kappa shape index (κ2) is 14.5. The summed E-state index contributed by atoms with van der Waals surface area (Å²) >= 11 is 1.32. The first-order valence-electron chi connectivity index (χ1n) is 25.1. The second-order valence-electron chi connectivity index (χ2n) is 21.7. The van der Waals surface area contributed by atoms with Crippen molar-refractivity contribution < 1.29 is 0 Å². The highest BCUT2D eigenvalue weighted by Crippen LogP contribution is 2.53. The largest absolute Gasteiger partial charge is 0.309 e. The lowest BCUT2D eigenvalue weighted by atomic mass is 9.82. The first kappa shape index (κ1) is 42.3. The monoisotopic (exact) mass is 934 g/mol. The molecule has 0 radical (unpaired) electrons. The van der Waals surface area contributed by atoms with Gasteiger partial charge in [0.05, 0.1) is 33.8 Å². The zero-order chi connectivity index (χ0) is 48.6. The van der Waals surface area contributed by atoms with Gasteiger partial charge in [-0.2, -0.15) is 8.75 Å². The van der Waals surface area contributed by atoms with Crippen molar-refractivity contribution in [3.8, 4) is 55.9 Å². The third-order valence-electron chi connectivity index (χ3n) is 17.1. The molecule has 12 aromatic rings. The van der Waals surface area contributed by atoms with Crippen LogP contribution in [0.3, 0.4) is 0 Å². The summed E-state index contributed by atoms with van der Waals surface area (Å²) in [5, 5.41) is 5.15. The molecule has 0 amide bonds. The van der Waals surface area contributed by atoms with Crippen LogP contribution in [0.15, 0.2) is 146 Å². The van der Waals surface area contributed by atoms with Gasteiger partial charge < -0.3 is 9.13 Å². The molecule has 3 aromatic heterocycles. The van der Waals surface area contributed by atoms with Gasteiger partial charge in [-0.05, 0) is 191 Å². The average Bonchev–Trinajstić information content (AvgIpc) is 4.16. The molecule has 0 saturated carbocycles. The molecule has 2 aliphatic rings. The van der Waals surface area contributed by atoms with E-state index in [0.29, 0.717) is 0 Å². The van der Waals surface area contributed by atoms with Gasteiger partial charge in [0.2, 0.25) is 0 Å². The average molecular weight is 935 g/mol. The molecule has 14 rings (SSSR count). The van der Waals surface area contributed by atoms with E-state index in [4.69, 9.17) is 8.75 Å². The first-order valence-corrected chi connectivity index (χ1v) is 25.8. The molecule has 0 aliphatic heterocycles. The molecule has 3 heterocycles. The van der Waals surface area contributed by atoms with Crippen LogP contribution in [-0.2, 0) is 10.8 Å². The molecule has 0 unspecified atom stereocenters. The van der Waals surface area contributed by atoms with Gasteiger partial charge in [0.15, 0.2) is 0 Å². The number of hydrogen-bond donors (Lipinski definition) is 0. The van der Waals surface area contributed by atoms with Gasteiger partial charge in [0.25, 0.3) is 0 Å². The Labute approximate surface area is 419 Å². The van der Waals surface area contributed by atoms with E-state index in [9.17, 15) is 0 Å². The summed E-state index contributed by atoms with van der Waals surface area (Å²) in [6.45, 7) is 23.1. The maximum absolute atomic E-state index is 5.13. The predicted octanol–water partition coefficient (Wildman–Crippen LogP) is 17.7. The van der Waals surface area contributed by atoms with Gasteiger partial charge in [-0.15, -0.1) is 0 Å². The maximum atomic E-state index is 5.13. The summed E-state index contributed by atoms with van der Waals surface area (Å²) in [4.78, 5) is 0. The number of aromatic nitrogens is 4. The molecule has 344 valence electrons. The summed E-state index contributed by atoms with van der Waals surface area (Å²) in [7, 11) is 0. The van der Waals surface area contributed by atoms with Crippen molar-refractivity contribution in [3.63, 3.8) is 0 Å². The number of nitrogens with zero attached hydrogens (tertiary/aromatic N) is 4. The first-order chi connectivity index (χ1) is 34.2. The number of rotatable bonds is 4. The summed E-state index contributed by atoms with van der Waals surface area (Å²) in [5.41, 5.74) is 32.2. The fraction of sp³-hybridized carbons (Fsp3) is 0.182. The van der Waals surface area contributed by atoms with E-state index in [1.807, 2.05) is 0 Å². The summed E-state index contributed by atoms with van der Waals surface area (Å²) in [6, 6.07) is 55.3. The zero-order valence-corrected chi connectivity index (χ0v) is 42.9. The maximum Gasteiger partial charge on any atom is 0.113 e. The Morgan fingerprint density at radius 3 is 1.18 bits per heavy atom. The van der Waals surface area contributed by atoms with Crippen LogP contribution < -0.4 is 0 Å². The highest BCUT2D eigenvalue weighted by Gasteiger charge is 2.38. The SMILES string of the molecule is Cc1cc(-n2c3ccccc3c3cc4c(cc32)-c2ccccc2C4(C)C)c(C)cc1-c1c(C)c(C)c(-c2cc(C)c(-n3c4ccccc4c4cc5c(cc43)-c3ccccc3C5(C)C)cc2C)c2nsnc12. The molecule has 71 heavy (non-hydrogen) atoms. The minimum Gasteiger partial charge on any atom is -0.309 e. The number of hydrogen-bond acceptors (Lipinski definition) is 3. The van der Waals surface area contributed by atoms with Crippen LogP contribution in [0.5, 0.6) is 0 Å². The molecule has 0 N–H and O–H groups in total. The lowest BCUT2D eigenvalue weighted by molar-refractivity contribution is 0.661. The number of fused-ring (bicyclic) bond motifs is 13. The van der Waals surface area contributed by atoms with Crippen LogP contribution in [0.2, 0.25) is 0 Å². The number of benzene rings is 9. The van der Waals surface area contributed by atoms with E-state index in [-0.39, 0.29) is 10.8 Å². The van der Waals surface area contributed by atoms with Crippen molar-refractivity contribution in [1.29, 1.82) is 0 Å². The predicted molar refractivity (Wildman–Crippen MR) is 301 cm³/mol. The summed E-state index contributed by atoms with van der Waals surface area (Å²) < 4.78 is 15.3. The second-order valence-corrected chi connectivity index (χ2v) is 22.3. The van der Waals surface area contributed by atoms with E-state index < -0.39 is 0 Å². The molecule has 9 aromatic carbocycles. The molecule has 0 saturated heterocycles. The smallest absolute Gasteiger partial charge is 0.113 e. The fourth-order valence-corrected chi connectivity index (χ4v) is 13.9. The zero-order valence-electron chi connectivity index (χ0n) is 42.1. The molecule has 5 heteroatoms. The van der Waals surface area contributed by atoms with Gasteiger partial charge in [-0.3, -0.25) is 0 Å². The van der Waals surface area contributed by atoms with Crippen molar-refractivity contribution in [2.75, 3.05) is 0 Å². The van der Waals surface area contributed by atoms with E-state index >= 15 is 0 Å². The molecular formula is C66H54N4S. The van der Waals surface area contributed by atoms with Gasteiger partial charge in [-0.1, -0.05) is 113 Å². The summed E-state index contributed by atoms with van der Waals surface area (Å²) in [6.07, 6.45) is 0. The Kier molecular flexibility index (Phi) is 8.63. The van der Waals surface area contributed by atoms with Crippen LogP contribution in [0.4, 0.5) is 0 Å². The van der Waals surface area contributed by atoms with Crippen LogP contribution in [0.1, 0.15) is 83.3 Å². The molecule has 0 bridgehead atoms. The Hall–Kier alpha value is -7.60. The molecule has 4 nitrogen and oxygen atoms in total. The van der Waals surface area contributed by atoms with E-state index in [0.717, 1.165) is 11.0 Å². The Balaban J connectivity index is 0.909. The molecule has 0 atom stereocenters. The van der Waals surface area contributed by atoms with Crippen LogP contribution >= 0.6 is 11.7 Å². The van der Waals surface area contributed by atoms with E-state index in [2.05, 4.69) is 224 Å². The third-order valence-corrected chi connectivity index (χ3v) is 17.7. The van der Waals surface area contributed by atoms with Crippen molar-refractivity contribution in [2.45, 2.75) is 80.1 Å².